The van der Waals surface area contributed by atoms with Crippen LogP contribution in [0.5, 0.6) is 0 Å². The fourth-order valence-electron chi connectivity index (χ4n) is 3.88. The third-order valence-electron chi connectivity index (χ3n) is 5.16. The van der Waals surface area contributed by atoms with Gasteiger partial charge in [-0.3, -0.25) is 4.90 Å². The zero-order valence-electron chi connectivity index (χ0n) is 14.0. The van der Waals surface area contributed by atoms with Crippen molar-refractivity contribution in [2.45, 2.75) is 25.4 Å². The van der Waals surface area contributed by atoms with E-state index in [2.05, 4.69) is 21.6 Å². The molecule has 2 aliphatic rings. The molecule has 1 aromatic carbocycles. The highest BCUT2D eigenvalue weighted by Gasteiger charge is 2.35. The molecular formula is C18H28FN3O. The minimum absolute atomic E-state index is 0.148. The van der Waals surface area contributed by atoms with E-state index in [1.54, 1.807) is 6.07 Å². The lowest BCUT2D eigenvalue weighted by Crippen LogP contribution is -2.57. The number of β-amino-alcohol motifs (C(OH)–C–C–N with tert-alkyl or cyclic N) is 1. The van der Waals surface area contributed by atoms with Gasteiger partial charge < -0.3 is 14.9 Å². The molecule has 0 spiro atoms. The molecule has 2 aliphatic heterocycles. The Balaban J connectivity index is 1.54. The zero-order valence-corrected chi connectivity index (χ0v) is 14.0. The van der Waals surface area contributed by atoms with Gasteiger partial charge in [-0.2, -0.15) is 0 Å². The molecule has 5 heteroatoms. The molecule has 0 saturated carbocycles. The molecule has 2 heterocycles. The first-order valence-electron chi connectivity index (χ1n) is 8.76. The van der Waals surface area contributed by atoms with E-state index >= 15 is 0 Å². The van der Waals surface area contributed by atoms with E-state index in [0.29, 0.717) is 5.69 Å². The van der Waals surface area contributed by atoms with Crippen LogP contribution in [0.1, 0.15) is 19.8 Å². The molecule has 3 rings (SSSR count). The van der Waals surface area contributed by atoms with Gasteiger partial charge in [0.2, 0.25) is 0 Å². The fraction of sp³-hybridized carbons (Fsp3) is 0.667. The number of aliphatic hydroxyl groups is 1. The molecule has 1 aromatic rings. The van der Waals surface area contributed by atoms with E-state index in [-0.39, 0.29) is 5.82 Å². The zero-order chi connectivity index (χ0) is 16.3. The number of para-hydroxylation sites is 1. The van der Waals surface area contributed by atoms with Gasteiger partial charge in [0.25, 0.3) is 0 Å². The first kappa shape index (κ1) is 16.7. The van der Waals surface area contributed by atoms with Gasteiger partial charge in [0.05, 0.1) is 11.3 Å². The van der Waals surface area contributed by atoms with Crippen molar-refractivity contribution < 1.29 is 9.50 Å². The predicted molar refractivity (Wildman–Crippen MR) is 91.4 cm³/mol. The van der Waals surface area contributed by atoms with Crippen LogP contribution < -0.4 is 4.90 Å². The van der Waals surface area contributed by atoms with E-state index in [9.17, 15) is 9.50 Å². The number of likely N-dealkylation sites (N-methyl/N-ethyl adjacent to an activating group) is 1. The molecule has 1 atom stereocenters. The number of rotatable bonds is 4. The van der Waals surface area contributed by atoms with Gasteiger partial charge in [0.15, 0.2) is 0 Å². The monoisotopic (exact) mass is 321 g/mol. The second kappa shape index (κ2) is 7.16. The Labute approximate surface area is 138 Å². The number of piperidine rings is 1. The molecule has 0 aliphatic carbocycles. The topological polar surface area (TPSA) is 30.0 Å². The molecule has 0 unspecified atom stereocenters. The maximum absolute atomic E-state index is 13.9. The maximum atomic E-state index is 13.9. The Morgan fingerprint density at radius 2 is 1.83 bits per heavy atom. The molecule has 2 saturated heterocycles. The van der Waals surface area contributed by atoms with Gasteiger partial charge in [-0.25, -0.2) is 4.39 Å². The van der Waals surface area contributed by atoms with Gasteiger partial charge in [-0.15, -0.1) is 0 Å². The van der Waals surface area contributed by atoms with Crippen LogP contribution in [0.15, 0.2) is 24.3 Å². The molecule has 0 aromatic heterocycles. The summed E-state index contributed by atoms with van der Waals surface area (Å²) in [6.45, 7) is 9.14. The summed E-state index contributed by atoms with van der Waals surface area (Å²) in [6, 6.07) is 6.98. The van der Waals surface area contributed by atoms with Crippen LogP contribution in [0.3, 0.4) is 0 Å². The Morgan fingerprint density at radius 3 is 2.52 bits per heavy atom. The first-order valence-corrected chi connectivity index (χ1v) is 8.76. The number of piperazine rings is 1. The van der Waals surface area contributed by atoms with Crippen molar-refractivity contribution in [3.8, 4) is 0 Å². The van der Waals surface area contributed by atoms with Crippen molar-refractivity contribution in [2.75, 3.05) is 57.3 Å². The highest BCUT2D eigenvalue weighted by atomic mass is 19.1. The average molecular weight is 321 g/mol. The summed E-state index contributed by atoms with van der Waals surface area (Å²) in [5, 5.41) is 10.9. The van der Waals surface area contributed by atoms with Crippen molar-refractivity contribution in [1.29, 1.82) is 0 Å². The molecule has 0 amide bonds. The number of benzene rings is 1. The van der Waals surface area contributed by atoms with Crippen LogP contribution in [0, 0.1) is 5.82 Å². The van der Waals surface area contributed by atoms with Crippen LogP contribution in [-0.4, -0.2) is 72.9 Å². The smallest absolute Gasteiger partial charge is 0.146 e. The minimum atomic E-state index is -0.589. The van der Waals surface area contributed by atoms with Crippen LogP contribution in [-0.2, 0) is 0 Å². The van der Waals surface area contributed by atoms with Gasteiger partial charge in [-0.1, -0.05) is 19.1 Å². The van der Waals surface area contributed by atoms with E-state index in [1.165, 1.54) is 6.07 Å². The average Bonchev–Trinajstić information content (AvgIpc) is 2.56. The van der Waals surface area contributed by atoms with Crippen molar-refractivity contribution in [3.63, 3.8) is 0 Å². The van der Waals surface area contributed by atoms with E-state index in [0.717, 1.165) is 65.2 Å². The lowest BCUT2D eigenvalue weighted by atomic mass is 9.92. The number of hydrogen-bond donors (Lipinski definition) is 1. The quantitative estimate of drug-likeness (QED) is 0.916. The highest BCUT2D eigenvalue weighted by Crippen LogP contribution is 2.24. The minimum Gasteiger partial charge on any atom is -0.387 e. The summed E-state index contributed by atoms with van der Waals surface area (Å²) in [4.78, 5) is 6.77. The summed E-state index contributed by atoms with van der Waals surface area (Å²) in [7, 11) is 0. The Hall–Kier alpha value is -1.17. The number of likely N-dealkylation sites (tertiary alicyclic amines) is 1. The number of hydrogen-bond acceptors (Lipinski definition) is 4. The van der Waals surface area contributed by atoms with Crippen LogP contribution in [0.2, 0.25) is 0 Å². The summed E-state index contributed by atoms with van der Waals surface area (Å²) in [5.41, 5.74) is 0.106. The summed E-state index contributed by atoms with van der Waals surface area (Å²) in [6.07, 6.45) is 1.95. The summed E-state index contributed by atoms with van der Waals surface area (Å²) >= 11 is 0. The lowest BCUT2D eigenvalue weighted by molar-refractivity contribution is -0.0527. The third-order valence-corrected chi connectivity index (χ3v) is 5.16. The van der Waals surface area contributed by atoms with Gasteiger partial charge in [0, 0.05) is 39.3 Å². The van der Waals surface area contributed by atoms with Crippen molar-refractivity contribution in [3.05, 3.63) is 30.1 Å². The normalized spacial score (nSPS) is 27.3. The molecule has 2 fully saturated rings. The first-order chi connectivity index (χ1) is 11.1. The molecule has 128 valence electrons. The third kappa shape index (κ3) is 4.03. The second-order valence-corrected chi connectivity index (χ2v) is 6.91. The Morgan fingerprint density at radius 1 is 1.09 bits per heavy atom. The Bertz CT molecular complexity index is 519. The predicted octanol–water partition coefficient (Wildman–Crippen LogP) is 1.79. The number of nitrogens with zero attached hydrogens (tertiary/aromatic N) is 3. The van der Waals surface area contributed by atoms with Crippen molar-refractivity contribution in [2.24, 2.45) is 0 Å². The molecular weight excluding hydrogens is 293 g/mol. The molecule has 0 bridgehead atoms. The molecule has 1 N–H and O–H groups in total. The summed E-state index contributed by atoms with van der Waals surface area (Å²) < 4.78 is 13.9. The number of halogens is 1. The lowest BCUT2D eigenvalue weighted by Gasteiger charge is -2.44. The van der Waals surface area contributed by atoms with Crippen LogP contribution >= 0.6 is 0 Å². The van der Waals surface area contributed by atoms with Crippen molar-refractivity contribution >= 4 is 5.69 Å². The summed E-state index contributed by atoms with van der Waals surface area (Å²) in [5.74, 6) is -0.148. The van der Waals surface area contributed by atoms with E-state index < -0.39 is 5.60 Å². The largest absolute Gasteiger partial charge is 0.387 e. The highest BCUT2D eigenvalue weighted by molar-refractivity contribution is 5.47. The molecule has 0 radical (unpaired) electrons. The standard InChI is InChI=1S/C18H28FN3O/c1-2-20-9-5-8-18(23,14-20)15-21-10-12-22(13-11-21)17-7-4-3-6-16(17)19/h3-4,6-7,23H,2,5,8-15H2,1H3/t18-/m0/s1. The fourth-order valence-corrected chi connectivity index (χ4v) is 3.88. The van der Waals surface area contributed by atoms with E-state index in [1.807, 2.05) is 12.1 Å². The van der Waals surface area contributed by atoms with Crippen LogP contribution in [0.4, 0.5) is 10.1 Å². The van der Waals surface area contributed by atoms with Crippen LogP contribution in [0.25, 0.3) is 0 Å². The second-order valence-electron chi connectivity index (χ2n) is 6.91. The number of anilines is 1. The maximum Gasteiger partial charge on any atom is 0.146 e. The van der Waals surface area contributed by atoms with Crippen molar-refractivity contribution in [1.82, 2.24) is 9.80 Å². The van der Waals surface area contributed by atoms with Gasteiger partial charge in [0.1, 0.15) is 5.82 Å². The molecule has 23 heavy (non-hydrogen) atoms. The molecule has 4 nitrogen and oxygen atoms in total. The Kier molecular flexibility index (Phi) is 5.19. The van der Waals surface area contributed by atoms with Gasteiger partial charge in [-0.05, 0) is 38.1 Å². The van der Waals surface area contributed by atoms with Gasteiger partial charge >= 0.3 is 0 Å². The van der Waals surface area contributed by atoms with E-state index in [4.69, 9.17) is 0 Å². The SMILES string of the molecule is CCN1CCC[C@@](O)(CN2CCN(c3ccccc3F)CC2)C1.